The minimum absolute atomic E-state index is 0.228. The number of ether oxygens (including phenoxy) is 3. The van der Waals surface area contributed by atoms with Crippen LogP contribution in [-0.2, 0) is 6.54 Å². The van der Waals surface area contributed by atoms with E-state index in [0.717, 1.165) is 28.4 Å². The van der Waals surface area contributed by atoms with Crippen LogP contribution < -0.4 is 24.8 Å². The number of hydrogen-bond donors (Lipinski definition) is 2. The summed E-state index contributed by atoms with van der Waals surface area (Å²) in [5, 5.41) is 6.08. The van der Waals surface area contributed by atoms with Crippen LogP contribution in [0.2, 0.25) is 0 Å². The van der Waals surface area contributed by atoms with Gasteiger partial charge in [-0.1, -0.05) is 6.07 Å². The molecule has 2 heterocycles. The molecule has 1 aliphatic rings. The lowest BCUT2D eigenvalue weighted by atomic mass is 10.2. The first-order valence-electron chi connectivity index (χ1n) is 8.75. The Bertz CT molecular complexity index is 972. The van der Waals surface area contributed by atoms with Gasteiger partial charge in [0.25, 0.3) is 5.91 Å². The van der Waals surface area contributed by atoms with Crippen molar-refractivity contribution in [2.45, 2.75) is 6.54 Å². The molecule has 28 heavy (non-hydrogen) atoms. The fourth-order valence-corrected chi connectivity index (χ4v) is 2.77. The number of aromatic nitrogens is 1. The highest BCUT2D eigenvalue weighted by Gasteiger charge is 2.14. The first kappa shape index (κ1) is 17.7. The summed E-state index contributed by atoms with van der Waals surface area (Å²) in [5.41, 5.74) is 2.97. The molecule has 0 spiro atoms. The fraction of sp³-hybridized carbons (Fsp3) is 0.143. The van der Waals surface area contributed by atoms with E-state index in [-0.39, 0.29) is 12.7 Å². The minimum atomic E-state index is -0.242. The van der Waals surface area contributed by atoms with E-state index in [1.807, 2.05) is 48.5 Å². The van der Waals surface area contributed by atoms with E-state index in [2.05, 4.69) is 15.6 Å². The molecular weight excluding hydrogens is 358 g/mol. The second-order valence-corrected chi connectivity index (χ2v) is 6.16. The van der Waals surface area contributed by atoms with Crippen molar-refractivity contribution in [3.63, 3.8) is 0 Å². The minimum Gasteiger partial charge on any atom is -0.497 e. The number of nitrogens with one attached hydrogen (secondary N) is 2. The molecule has 0 aliphatic carbocycles. The number of carbonyl (C=O) groups excluding carboxylic acids is 1. The average molecular weight is 377 g/mol. The van der Waals surface area contributed by atoms with Crippen LogP contribution >= 0.6 is 0 Å². The molecule has 3 aromatic rings. The number of pyridine rings is 1. The molecule has 1 aliphatic heterocycles. The van der Waals surface area contributed by atoms with Crippen molar-refractivity contribution >= 4 is 17.3 Å². The summed E-state index contributed by atoms with van der Waals surface area (Å²) in [7, 11) is 1.63. The molecule has 2 aromatic carbocycles. The highest BCUT2D eigenvalue weighted by atomic mass is 16.7. The van der Waals surface area contributed by atoms with E-state index in [0.29, 0.717) is 18.0 Å². The summed E-state index contributed by atoms with van der Waals surface area (Å²) in [6.07, 6.45) is 1.62. The Morgan fingerprint density at radius 3 is 2.57 bits per heavy atom. The standard InChI is InChI=1S/C21H19N3O4/c1-26-17-6-3-15(4-7-17)24-16-5-8-18(22-12-16)21(25)23-11-14-2-9-19-20(10-14)28-13-27-19/h2-10,12,24H,11,13H2,1H3,(H,23,25). The van der Waals surface area contributed by atoms with Gasteiger partial charge in [0.15, 0.2) is 11.5 Å². The van der Waals surface area contributed by atoms with Crippen LogP contribution in [0, 0.1) is 0 Å². The van der Waals surface area contributed by atoms with Crippen molar-refractivity contribution in [3.05, 3.63) is 72.1 Å². The number of amides is 1. The molecule has 0 saturated heterocycles. The van der Waals surface area contributed by atoms with Crippen LogP contribution in [-0.4, -0.2) is 24.8 Å². The molecule has 1 aromatic heterocycles. The first-order valence-corrected chi connectivity index (χ1v) is 8.75. The number of benzene rings is 2. The maximum Gasteiger partial charge on any atom is 0.270 e. The van der Waals surface area contributed by atoms with Gasteiger partial charge in [-0.15, -0.1) is 0 Å². The van der Waals surface area contributed by atoms with E-state index in [1.54, 1.807) is 19.4 Å². The van der Waals surface area contributed by atoms with Gasteiger partial charge >= 0.3 is 0 Å². The van der Waals surface area contributed by atoms with Gasteiger partial charge in [0.05, 0.1) is 19.0 Å². The quantitative estimate of drug-likeness (QED) is 0.684. The third-order valence-corrected chi connectivity index (χ3v) is 4.26. The van der Waals surface area contributed by atoms with E-state index in [4.69, 9.17) is 14.2 Å². The number of rotatable bonds is 6. The van der Waals surface area contributed by atoms with Crippen molar-refractivity contribution in [2.24, 2.45) is 0 Å². The van der Waals surface area contributed by atoms with Gasteiger partial charge in [-0.2, -0.15) is 0 Å². The molecule has 0 saturated carbocycles. The third kappa shape index (κ3) is 3.98. The topological polar surface area (TPSA) is 81.7 Å². The monoisotopic (exact) mass is 377 g/mol. The Kier molecular flexibility index (Phi) is 4.97. The van der Waals surface area contributed by atoms with Crippen LogP contribution in [0.1, 0.15) is 16.1 Å². The number of methoxy groups -OCH3 is 1. The van der Waals surface area contributed by atoms with E-state index in [9.17, 15) is 4.79 Å². The molecule has 0 radical (unpaired) electrons. The van der Waals surface area contributed by atoms with Crippen LogP contribution in [0.15, 0.2) is 60.8 Å². The van der Waals surface area contributed by atoms with Crippen molar-refractivity contribution in [1.82, 2.24) is 10.3 Å². The number of hydrogen-bond acceptors (Lipinski definition) is 6. The number of fused-ring (bicyclic) bond motifs is 1. The molecule has 0 bridgehead atoms. The Morgan fingerprint density at radius 2 is 1.82 bits per heavy atom. The highest BCUT2D eigenvalue weighted by Crippen LogP contribution is 2.32. The van der Waals surface area contributed by atoms with Gasteiger partial charge in [-0.25, -0.2) is 4.98 Å². The van der Waals surface area contributed by atoms with Crippen LogP contribution in [0.5, 0.6) is 17.2 Å². The van der Waals surface area contributed by atoms with Gasteiger partial charge in [-0.05, 0) is 54.1 Å². The van der Waals surface area contributed by atoms with Gasteiger partial charge in [0.1, 0.15) is 11.4 Å². The zero-order valence-corrected chi connectivity index (χ0v) is 15.3. The van der Waals surface area contributed by atoms with Gasteiger partial charge in [-0.3, -0.25) is 4.79 Å². The lowest BCUT2D eigenvalue weighted by molar-refractivity contribution is 0.0946. The van der Waals surface area contributed by atoms with Gasteiger partial charge in [0.2, 0.25) is 6.79 Å². The predicted octanol–water partition coefficient (Wildman–Crippen LogP) is 3.49. The normalized spacial score (nSPS) is 11.8. The first-order chi connectivity index (χ1) is 13.7. The lowest BCUT2D eigenvalue weighted by Crippen LogP contribution is -2.23. The van der Waals surface area contributed by atoms with Crippen LogP contribution in [0.3, 0.4) is 0 Å². The number of nitrogens with zero attached hydrogens (tertiary/aromatic N) is 1. The second kappa shape index (κ2) is 7.87. The summed E-state index contributed by atoms with van der Waals surface area (Å²) in [6, 6.07) is 16.6. The van der Waals surface area contributed by atoms with Crippen molar-refractivity contribution < 1.29 is 19.0 Å². The summed E-state index contributed by atoms with van der Waals surface area (Å²) in [5.74, 6) is 1.96. The molecule has 4 rings (SSSR count). The molecule has 7 nitrogen and oxygen atoms in total. The molecule has 2 N–H and O–H groups in total. The van der Waals surface area contributed by atoms with Crippen molar-refractivity contribution in [3.8, 4) is 17.2 Å². The molecule has 7 heteroatoms. The SMILES string of the molecule is COc1ccc(Nc2ccc(C(=O)NCc3ccc4c(c3)OCO4)nc2)cc1. The number of carbonyl (C=O) groups is 1. The molecule has 0 atom stereocenters. The lowest BCUT2D eigenvalue weighted by Gasteiger charge is -2.09. The Balaban J connectivity index is 1.34. The summed E-state index contributed by atoms with van der Waals surface area (Å²) >= 11 is 0. The van der Waals surface area contributed by atoms with Crippen LogP contribution in [0.4, 0.5) is 11.4 Å². The zero-order valence-electron chi connectivity index (χ0n) is 15.3. The maximum absolute atomic E-state index is 12.3. The molecule has 0 fully saturated rings. The average Bonchev–Trinajstić information content (AvgIpc) is 3.21. The predicted molar refractivity (Wildman–Crippen MR) is 104 cm³/mol. The van der Waals surface area contributed by atoms with E-state index < -0.39 is 0 Å². The molecule has 142 valence electrons. The van der Waals surface area contributed by atoms with E-state index >= 15 is 0 Å². The summed E-state index contributed by atoms with van der Waals surface area (Å²) < 4.78 is 15.8. The smallest absolute Gasteiger partial charge is 0.270 e. The van der Waals surface area contributed by atoms with Gasteiger partial charge < -0.3 is 24.8 Å². The number of anilines is 2. The third-order valence-electron chi connectivity index (χ3n) is 4.26. The van der Waals surface area contributed by atoms with Crippen molar-refractivity contribution in [1.29, 1.82) is 0 Å². The Hall–Kier alpha value is -3.74. The summed E-state index contributed by atoms with van der Waals surface area (Å²) in [4.78, 5) is 16.6. The van der Waals surface area contributed by atoms with E-state index in [1.165, 1.54) is 0 Å². The Labute approximate surface area is 162 Å². The van der Waals surface area contributed by atoms with Gasteiger partial charge in [0, 0.05) is 12.2 Å². The van der Waals surface area contributed by atoms with Crippen molar-refractivity contribution in [2.75, 3.05) is 19.2 Å². The largest absolute Gasteiger partial charge is 0.497 e. The fourth-order valence-electron chi connectivity index (χ4n) is 2.77. The molecule has 1 amide bonds. The highest BCUT2D eigenvalue weighted by molar-refractivity contribution is 5.92. The molecule has 0 unspecified atom stereocenters. The zero-order chi connectivity index (χ0) is 19.3. The summed E-state index contributed by atoms with van der Waals surface area (Å²) in [6.45, 7) is 0.606. The maximum atomic E-state index is 12.3. The van der Waals surface area contributed by atoms with Crippen LogP contribution in [0.25, 0.3) is 0 Å². The second-order valence-electron chi connectivity index (χ2n) is 6.16. The molecular formula is C21H19N3O4. The Morgan fingerprint density at radius 1 is 1.04 bits per heavy atom.